The first kappa shape index (κ1) is 9.51. The minimum absolute atomic E-state index is 0.0860. The molecule has 0 amide bonds. The van der Waals surface area contributed by atoms with E-state index in [0.717, 1.165) is 0 Å². The summed E-state index contributed by atoms with van der Waals surface area (Å²) in [6.45, 7) is 0. The Kier molecular flexibility index (Phi) is 2.07. The molecule has 2 rings (SSSR count). The summed E-state index contributed by atoms with van der Waals surface area (Å²) in [6, 6.07) is 5.07. The molecular weight excluding hydrogens is 196 g/mol. The Morgan fingerprint density at radius 2 is 2.27 bits per heavy atom. The summed E-state index contributed by atoms with van der Waals surface area (Å²) in [5.74, 6) is -0.910. The van der Waals surface area contributed by atoms with Crippen molar-refractivity contribution in [2.24, 2.45) is 7.05 Å². The lowest BCUT2D eigenvalue weighted by Crippen LogP contribution is -2.10. The first-order valence-electron chi connectivity index (χ1n) is 4.48. The second-order valence-corrected chi connectivity index (χ2v) is 3.39. The lowest BCUT2D eigenvalue weighted by atomic mass is 10.1. The molecule has 1 aromatic carbocycles. The van der Waals surface area contributed by atoms with E-state index in [1.807, 2.05) is 0 Å². The third kappa shape index (κ3) is 1.52. The summed E-state index contributed by atoms with van der Waals surface area (Å²) >= 11 is 0. The van der Waals surface area contributed by atoms with Crippen molar-refractivity contribution in [1.82, 2.24) is 9.78 Å². The smallest absolute Gasteiger partial charge is 0.307 e. The number of aromatic amines is 1. The molecular formula is C10H10N2O3. The van der Waals surface area contributed by atoms with Crippen LogP contribution in [0.3, 0.4) is 0 Å². The van der Waals surface area contributed by atoms with Gasteiger partial charge in [0, 0.05) is 7.05 Å². The molecule has 0 saturated heterocycles. The van der Waals surface area contributed by atoms with Crippen molar-refractivity contribution in [3.63, 3.8) is 0 Å². The van der Waals surface area contributed by atoms with Gasteiger partial charge in [-0.1, -0.05) is 12.1 Å². The van der Waals surface area contributed by atoms with Crippen molar-refractivity contribution < 1.29 is 9.90 Å². The van der Waals surface area contributed by atoms with Crippen molar-refractivity contribution in [1.29, 1.82) is 0 Å². The number of aliphatic carboxylic acids is 1. The Bertz CT molecular complexity index is 580. The normalized spacial score (nSPS) is 10.7. The third-order valence-electron chi connectivity index (χ3n) is 2.31. The molecule has 0 aliphatic rings. The molecule has 0 radical (unpaired) electrons. The summed E-state index contributed by atoms with van der Waals surface area (Å²) in [5, 5.41) is 12.1. The molecule has 1 heterocycles. The molecule has 0 saturated carbocycles. The van der Waals surface area contributed by atoms with E-state index >= 15 is 0 Å². The number of nitrogens with zero attached hydrogens (tertiary/aromatic N) is 1. The number of hydrogen-bond donors (Lipinski definition) is 2. The van der Waals surface area contributed by atoms with Gasteiger partial charge < -0.3 is 5.11 Å². The number of H-pyrrole nitrogens is 1. The number of para-hydroxylation sites is 1. The predicted molar refractivity (Wildman–Crippen MR) is 54.9 cm³/mol. The maximum absolute atomic E-state index is 11.6. The first-order chi connectivity index (χ1) is 7.09. The van der Waals surface area contributed by atoms with Crippen molar-refractivity contribution in [3.05, 3.63) is 34.1 Å². The number of aromatic nitrogens is 2. The summed E-state index contributed by atoms with van der Waals surface area (Å²) in [7, 11) is 1.60. The Hall–Kier alpha value is -2.04. The van der Waals surface area contributed by atoms with Gasteiger partial charge in [-0.15, -0.1) is 0 Å². The van der Waals surface area contributed by atoms with Crippen LogP contribution in [0.1, 0.15) is 5.56 Å². The van der Waals surface area contributed by atoms with Crippen molar-refractivity contribution >= 4 is 16.9 Å². The van der Waals surface area contributed by atoms with Gasteiger partial charge in [0.2, 0.25) is 0 Å². The molecule has 0 atom stereocenters. The van der Waals surface area contributed by atoms with Crippen LogP contribution in [0.15, 0.2) is 23.0 Å². The van der Waals surface area contributed by atoms with Gasteiger partial charge in [-0.3, -0.25) is 19.4 Å². The van der Waals surface area contributed by atoms with Gasteiger partial charge in [0.1, 0.15) is 0 Å². The van der Waals surface area contributed by atoms with Crippen LogP contribution >= 0.6 is 0 Å². The van der Waals surface area contributed by atoms with E-state index in [2.05, 4.69) is 5.10 Å². The zero-order valence-corrected chi connectivity index (χ0v) is 8.15. The van der Waals surface area contributed by atoms with E-state index in [4.69, 9.17) is 5.11 Å². The van der Waals surface area contributed by atoms with E-state index in [-0.39, 0.29) is 12.0 Å². The molecule has 0 unspecified atom stereocenters. The largest absolute Gasteiger partial charge is 0.481 e. The molecule has 0 fully saturated rings. The lowest BCUT2D eigenvalue weighted by molar-refractivity contribution is -0.136. The Balaban J connectivity index is 2.71. The quantitative estimate of drug-likeness (QED) is 0.751. The summed E-state index contributed by atoms with van der Waals surface area (Å²) in [6.07, 6.45) is -0.0860. The highest BCUT2D eigenvalue weighted by Gasteiger charge is 2.09. The maximum Gasteiger partial charge on any atom is 0.307 e. The van der Waals surface area contributed by atoms with Gasteiger partial charge in [0.05, 0.1) is 17.3 Å². The molecule has 0 spiro atoms. The van der Waals surface area contributed by atoms with Gasteiger partial charge in [-0.2, -0.15) is 0 Å². The summed E-state index contributed by atoms with van der Waals surface area (Å²) in [5.41, 5.74) is 1.09. The molecule has 1 aromatic heterocycles. The first-order valence-corrected chi connectivity index (χ1v) is 4.48. The fourth-order valence-electron chi connectivity index (χ4n) is 1.62. The van der Waals surface area contributed by atoms with Crippen molar-refractivity contribution in [2.45, 2.75) is 6.42 Å². The highest BCUT2D eigenvalue weighted by molar-refractivity contribution is 5.85. The second-order valence-electron chi connectivity index (χ2n) is 3.39. The number of nitrogens with one attached hydrogen (secondary N) is 1. The highest BCUT2D eigenvalue weighted by atomic mass is 16.4. The van der Waals surface area contributed by atoms with Crippen LogP contribution in [0.4, 0.5) is 0 Å². The molecule has 2 aromatic rings. The van der Waals surface area contributed by atoms with E-state index < -0.39 is 5.97 Å². The predicted octanol–water partition coefficient (Wildman–Crippen LogP) is 0.494. The van der Waals surface area contributed by atoms with E-state index in [9.17, 15) is 9.59 Å². The van der Waals surface area contributed by atoms with E-state index in [0.29, 0.717) is 16.5 Å². The van der Waals surface area contributed by atoms with Crippen LogP contribution in [0, 0.1) is 0 Å². The molecule has 0 aliphatic carbocycles. The summed E-state index contributed by atoms with van der Waals surface area (Å²) < 4.78 is 1.34. The fourth-order valence-corrected chi connectivity index (χ4v) is 1.62. The molecule has 0 aliphatic heterocycles. The average Bonchev–Trinajstić information content (AvgIpc) is 2.45. The Morgan fingerprint density at radius 1 is 1.53 bits per heavy atom. The van der Waals surface area contributed by atoms with Crippen LogP contribution in [-0.2, 0) is 18.3 Å². The number of rotatable bonds is 2. The van der Waals surface area contributed by atoms with Crippen molar-refractivity contribution in [3.8, 4) is 0 Å². The van der Waals surface area contributed by atoms with Crippen LogP contribution in [0.2, 0.25) is 0 Å². The molecule has 2 N–H and O–H groups in total. The number of benzene rings is 1. The Labute approximate surface area is 84.9 Å². The standard InChI is InChI=1S/C10H10N2O3/c1-12-10(15)7-4-2-3-6(5-8(13)14)9(7)11-12/h2-4,11H,5H2,1H3,(H,13,14). The fraction of sp³-hybridized carbons (Fsp3) is 0.200. The average molecular weight is 206 g/mol. The minimum atomic E-state index is -0.910. The number of aryl methyl sites for hydroxylation is 1. The van der Waals surface area contributed by atoms with Crippen LogP contribution in [0.25, 0.3) is 10.9 Å². The number of carbonyl (C=O) groups is 1. The lowest BCUT2D eigenvalue weighted by Gasteiger charge is -1.97. The van der Waals surface area contributed by atoms with Crippen LogP contribution in [-0.4, -0.2) is 20.9 Å². The summed E-state index contributed by atoms with van der Waals surface area (Å²) in [4.78, 5) is 22.2. The molecule has 78 valence electrons. The Morgan fingerprint density at radius 3 is 2.93 bits per heavy atom. The van der Waals surface area contributed by atoms with Crippen LogP contribution < -0.4 is 5.56 Å². The molecule has 5 heteroatoms. The van der Waals surface area contributed by atoms with Gasteiger partial charge >= 0.3 is 5.97 Å². The monoisotopic (exact) mass is 206 g/mol. The molecule has 15 heavy (non-hydrogen) atoms. The van der Waals surface area contributed by atoms with Gasteiger partial charge in [-0.05, 0) is 11.6 Å². The van der Waals surface area contributed by atoms with Crippen molar-refractivity contribution in [2.75, 3.05) is 0 Å². The van der Waals surface area contributed by atoms with Gasteiger partial charge in [0.15, 0.2) is 0 Å². The zero-order chi connectivity index (χ0) is 11.0. The van der Waals surface area contributed by atoms with E-state index in [1.54, 1.807) is 25.2 Å². The topological polar surface area (TPSA) is 75.1 Å². The zero-order valence-electron chi connectivity index (χ0n) is 8.15. The molecule has 5 nitrogen and oxygen atoms in total. The SMILES string of the molecule is Cn1[nH]c2c(CC(=O)O)cccc2c1=O. The second kappa shape index (κ2) is 3.27. The number of carboxylic acids is 1. The minimum Gasteiger partial charge on any atom is -0.481 e. The number of carboxylic acid groups (broad SMARTS) is 1. The third-order valence-corrected chi connectivity index (χ3v) is 2.31. The van der Waals surface area contributed by atoms with Gasteiger partial charge in [0.25, 0.3) is 5.56 Å². The molecule has 0 bridgehead atoms. The van der Waals surface area contributed by atoms with Crippen LogP contribution in [0.5, 0.6) is 0 Å². The van der Waals surface area contributed by atoms with E-state index in [1.165, 1.54) is 4.68 Å². The van der Waals surface area contributed by atoms with Gasteiger partial charge in [-0.25, -0.2) is 0 Å². The number of fused-ring (bicyclic) bond motifs is 1. The number of hydrogen-bond acceptors (Lipinski definition) is 2. The highest BCUT2D eigenvalue weighted by Crippen LogP contribution is 2.13. The maximum atomic E-state index is 11.6.